The Hall–Kier alpha value is -2.14. The van der Waals surface area contributed by atoms with Crippen molar-refractivity contribution < 1.29 is 109 Å². The van der Waals surface area contributed by atoms with Gasteiger partial charge in [-0.1, -0.05) is 12.1 Å². The molecule has 1 saturated heterocycles. The Morgan fingerprint density at radius 1 is 0.642 bits per heavy atom. The summed E-state index contributed by atoms with van der Waals surface area (Å²) < 4.78 is 16.3. The maximum Gasteiger partial charge on any atom is 3.00 e. The Morgan fingerprint density at radius 2 is 1.02 bits per heavy atom. The van der Waals surface area contributed by atoms with Crippen molar-refractivity contribution in [1.82, 2.24) is 19.6 Å². The van der Waals surface area contributed by atoms with E-state index in [4.69, 9.17) is 14.2 Å². The van der Waals surface area contributed by atoms with Crippen LogP contribution in [0.15, 0.2) is 24.3 Å². The summed E-state index contributed by atoms with van der Waals surface area (Å²) in [5.41, 5.74) is 0.942. The zero-order chi connectivity index (χ0) is 38.5. The van der Waals surface area contributed by atoms with E-state index in [9.17, 15) is 54.9 Å². The van der Waals surface area contributed by atoms with Gasteiger partial charge >= 0.3 is 45.9 Å². The van der Waals surface area contributed by atoms with E-state index in [1.165, 1.54) is 14.7 Å². The average molecular weight is 899 g/mol. The quantitative estimate of drug-likeness (QED) is 0.0747. The predicted octanol–water partition coefficient (Wildman–Crippen LogP) is -5.55. The van der Waals surface area contributed by atoms with E-state index in [-0.39, 0.29) is 98.7 Å². The van der Waals surface area contributed by atoms with Crippen LogP contribution < -0.4 is 20.1 Å². The van der Waals surface area contributed by atoms with E-state index in [2.05, 4.69) is 0 Å². The number of aliphatic hydroxyl groups excluding tert-OH is 3. The van der Waals surface area contributed by atoms with E-state index in [1.807, 2.05) is 31.2 Å². The van der Waals surface area contributed by atoms with Crippen LogP contribution in [-0.4, -0.2) is 193 Å². The first-order chi connectivity index (χ1) is 25.0. The van der Waals surface area contributed by atoms with Gasteiger partial charge in [-0.25, -0.2) is 0 Å². The molecule has 0 amide bonds. The third-order valence-corrected chi connectivity index (χ3v) is 9.02. The minimum Gasteiger partial charge on any atom is -0.548 e. The van der Waals surface area contributed by atoms with Gasteiger partial charge in [0.05, 0.1) is 75.7 Å². The number of ether oxygens (including phenoxy) is 3. The number of carboxylic acid groups (broad SMARTS) is 4. The molecule has 1 radical (unpaired) electrons. The van der Waals surface area contributed by atoms with Crippen molar-refractivity contribution in [3.8, 4) is 5.75 Å². The summed E-state index contributed by atoms with van der Waals surface area (Å²) in [6, 6.07) is 1.78. The molecule has 1 aliphatic heterocycles. The molecule has 1 fully saturated rings. The van der Waals surface area contributed by atoms with Gasteiger partial charge in [-0.3, -0.25) is 24.4 Å². The summed E-state index contributed by atoms with van der Waals surface area (Å²) in [4.78, 5) is 53.9. The molecule has 53 heavy (non-hydrogen) atoms. The van der Waals surface area contributed by atoms with E-state index in [1.54, 1.807) is 4.90 Å². The van der Waals surface area contributed by atoms with Gasteiger partial charge in [0.15, 0.2) is 0 Å². The molecule has 0 unspecified atom stereocenters. The Morgan fingerprint density at radius 3 is 1.38 bits per heavy atom. The maximum absolute atomic E-state index is 12.7. The molecule has 0 aliphatic carbocycles. The molecule has 4 atom stereocenters. The molecule has 19 heteroatoms. The smallest absolute Gasteiger partial charge is 0.548 e. The van der Waals surface area contributed by atoms with E-state index < -0.39 is 67.9 Å². The van der Waals surface area contributed by atoms with Crippen molar-refractivity contribution in [3.63, 3.8) is 0 Å². The first-order valence-corrected chi connectivity index (χ1v) is 17.5. The molecule has 0 aromatic heterocycles. The zero-order valence-electron chi connectivity index (χ0n) is 30.1. The largest absolute Gasteiger partial charge is 3.00 e. The number of aliphatic hydroxyl groups is 3. The second-order valence-electron chi connectivity index (χ2n) is 12.2. The normalized spacial score (nSPS) is 18.0. The van der Waals surface area contributed by atoms with Crippen LogP contribution in [0.1, 0.15) is 25.3 Å². The third-order valence-electron chi connectivity index (χ3n) is 9.02. The molecule has 301 valence electrons. The number of hydrogen-bond acceptors (Lipinski definition) is 17. The van der Waals surface area contributed by atoms with Gasteiger partial charge in [0.2, 0.25) is 0 Å². The maximum atomic E-state index is 12.7. The number of nitrogens with zero attached hydrogens (tertiary/aromatic N) is 4. The number of aliphatic carboxylic acids is 4. The van der Waals surface area contributed by atoms with Crippen LogP contribution in [0.2, 0.25) is 0 Å². The molecule has 2 rings (SSSR count). The second-order valence-corrected chi connectivity index (χ2v) is 12.2. The Balaban J connectivity index is 0.0000140. The molecular formula is C34H53GdN4O14. The molecule has 1 heterocycles. The summed E-state index contributed by atoms with van der Waals surface area (Å²) in [5, 5.41) is 75.6. The molecule has 1 aromatic rings. The summed E-state index contributed by atoms with van der Waals surface area (Å²) >= 11 is 0. The number of benzene rings is 1. The minimum atomic E-state index is -1.61. The molecule has 0 saturated carbocycles. The van der Waals surface area contributed by atoms with Gasteiger partial charge in [-0.2, -0.15) is 0 Å². The first kappa shape index (κ1) is 48.9. The molecule has 18 nitrogen and oxygen atoms in total. The van der Waals surface area contributed by atoms with Crippen LogP contribution in [-0.2, 0) is 35.1 Å². The standard InChI is InChI=1S/C34H56N4O14.Gd/c1-2-50-18-19-51-20-21-52-26-8-6-25(7-9-26)4-3-5-27(31(42)43)35-10-12-36(28(22-39)32(44)45)14-16-38(30(24-41)34(48)49)17-15-37(13-11-35)29(23-40)33(46)47;/h6-9,27-30,39-41H,2-5,10-24H2,1H3,(H,42,43)(H,44,45)(H,46,47)(H,48,49);/q;+3/p-3/t27-,28+,29+,30+;/m0./s1. The molecule has 0 spiro atoms. The van der Waals surface area contributed by atoms with Gasteiger partial charge in [0.25, 0.3) is 0 Å². The van der Waals surface area contributed by atoms with Gasteiger partial charge in [-0.15, -0.1) is 0 Å². The van der Waals surface area contributed by atoms with Gasteiger partial charge < -0.3 is 64.3 Å². The summed E-state index contributed by atoms with van der Waals surface area (Å²) in [7, 11) is 0. The number of aryl methyl sites for hydroxylation is 1. The second kappa shape index (κ2) is 27.4. The number of rotatable bonds is 23. The van der Waals surface area contributed by atoms with Crippen LogP contribution in [0, 0.1) is 39.9 Å². The van der Waals surface area contributed by atoms with E-state index in [0.717, 1.165) is 5.56 Å². The predicted molar refractivity (Wildman–Crippen MR) is 178 cm³/mol. The summed E-state index contributed by atoms with van der Waals surface area (Å²) in [6.07, 6.45) is 1.16. The van der Waals surface area contributed by atoms with E-state index in [0.29, 0.717) is 51.6 Å². The first-order valence-electron chi connectivity index (χ1n) is 17.5. The Labute approximate surface area is 341 Å². The number of carboxylic acids is 4. The van der Waals surface area contributed by atoms with Crippen molar-refractivity contribution in [1.29, 1.82) is 0 Å². The number of carbonyl (C=O) groups excluding carboxylic acids is 3. The van der Waals surface area contributed by atoms with Gasteiger partial charge in [0, 0.05) is 59.0 Å². The SMILES string of the molecule is CCOCCOCCOc1ccc(CCC[C@@H](C(=O)O)N2CCN([C@H](CO)C(=O)[O-])CCN([C@H](CO)C(=O)[O-])CCN([C@H](CO)C(=O)[O-])CC2)cc1.[Gd+3]. The van der Waals surface area contributed by atoms with Crippen LogP contribution in [0.4, 0.5) is 0 Å². The van der Waals surface area contributed by atoms with Crippen LogP contribution >= 0.6 is 0 Å². The summed E-state index contributed by atoms with van der Waals surface area (Å²) in [6.45, 7) is 0.944. The van der Waals surface area contributed by atoms with Crippen LogP contribution in [0.3, 0.4) is 0 Å². The monoisotopic (exact) mass is 899 g/mol. The van der Waals surface area contributed by atoms with Crippen molar-refractivity contribution in [3.05, 3.63) is 29.8 Å². The summed E-state index contributed by atoms with van der Waals surface area (Å²) in [5.74, 6) is -5.29. The van der Waals surface area contributed by atoms with Crippen molar-refractivity contribution in [2.75, 3.05) is 105 Å². The van der Waals surface area contributed by atoms with E-state index >= 15 is 0 Å². The van der Waals surface area contributed by atoms with Gasteiger partial charge in [-0.05, 0) is 43.9 Å². The molecule has 1 aliphatic rings. The number of hydrogen-bond donors (Lipinski definition) is 4. The molecular weight excluding hydrogens is 846 g/mol. The molecule has 1 aromatic carbocycles. The Bertz CT molecular complexity index is 1180. The fourth-order valence-electron chi connectivity index (χ4n) is 6.04. The molecule has 4 N–H and O–H groups in total. The fraction of sp³-hybridized carbons (Fsp3) is 0.706. The van der Waals surface area contributed by atoms with Gasteiger partial charge in [0.1, 0.15) is 18.4 Å². The van der Waals surface area contributed by atoms with Crippen molar-refractivity contribution >= 4 is 23.9 Å². The topological polar surface area (TPSA) is 259 Å². The third kappa shape index (κ3) is 17.5. The van der Waals surface area contributed by atoms with Crippen LogP contribution in [0.5, 0.6) is 5.75 Å². The van der Waals surface area contributed by atoms with Crippen LogP contribution in [0.25, 0.3) is 0 Å². The average Bonchev–Trinajstić information content (AvgIpc) is 3.10. The molecule has 0 bridgehead atoms. The zero-order valence-corrected chi connectivity index (χ0v) is 32.3. The minimum absolute atomic E-state index is 0. The Kier molecular flexibility index (Phi) is 25.3. The fourth-order valence-corrected chi connectivity index (χ4v) is 6.04. The number of carbonyl (C=O) groups is 4. The van der Waals surface area contributed by atoms with Crippen molar-refractivity contribution in [2.24, 2.45) is 0 Å². The van der Waals surface area contributed by atoms with Crippen molar-refractivity contribution in [2.45, 2.75) is 50.4 Å².